The van der Waals surface area contributed by atoms with Gasteiger partial charge in [0.1, 0.15) is 0 Å². The number of pyridine rings is 1. The molecule has 1 heteroatoms. The fourth-order valence-corrected chi connectivity index (χ4v) is 0.717. The molecule has 0 N–H and O–H groups in total. The molecule has 0 amide bonds. The van der Waals surface area contributed by atoms with Crippen molar-refractivity contribution < 1.29 is 4.28 Å². The normalized spacial score (nSPS) is 10.1. The summed E-state index contributed by atoms with van der Waals surface area (Å²) in [6.07, 6.45) is 3.70. The van der Waals surface area contributed by atoms with Crippen LogP contribution in [0.1, 0.15) is 29.6 Å². The van der Waals surface area contributed by atoms with Gasteiger partial charge in [0.25, 0.3) is 0 Å². The van der Waals surface area contributed by atoms with Gasteiger partial charge >= 0.3 is 0 Å². The molecule has 0 saturated heterocycles. The Labute approximate surface area is 60.2 Å². The minimum absolute atomic E-state index is 0. The predicted octanol–water partition coefficient (Wildman–Crippen LogP) is 2.94. The SMILES string of the molecule is CC(C)c1cccnc1.[HH].[HH].[HH]. The van der Waals surface area contributed by atoms with Crippen molar-refractivity contribution in [2.24, 2.45) is 0 Å². The summed E-state index contributed by atoms with van der Waals surface area (Å²) in [6.45, 7) is 4.33. The Kier molecular flexibility index (Phi) is 1.83. The van der Waals surface area contributed by atoms with Crippen LogP contribution < -0.4 is 0 Å². The molecule has 1 heterocycles. The van der Waals surface area contributed by atoms with Crippen LogP contribution in [0.15, 0.2) is 24.5 Å². The first-order valence-electron chi connectivity index (χ1n) is 3.20. The fraction of sp³-hybridized carbons (Fsp3) is 0.375. The van der Waals surface area contributed by atoms with E-state index in [4.69, 9.17) is 0 Å². The molecule has 1 rings (SSSR count). The average Bonchev–Trinajstić information content (AvgIpc) is 1.90. The van der Waals surface area contributed by atoms with Crippen LogP contribution in [0.2, 0.25) is 0 Å². The van der Waals surface area contributed by atoms with Gasteiger partial charge in [-0.3, -0.25) is 4.98 Å². The first kappa shape index (κ1) is 6.27. The topological polar surface area (TPSA) is 12.9 Å². The summed E-state index contributed by atoms with van der Waals surface area (Å²) in [6, 6.07) is 4.06. The van der Waals surface area contributed by atoms with E-state index in [0.29, 0.717) is 5.92 Å². The second-order valence-corrected chi connectivity index (χ2v) is 2.44. The summed E-state index contributed by atoms with van der Waals surface area (Å²) >= 11 is 0. The van der Waals surface area contributed by atoms with Crippen molar-refractivity contribution in [3.8, 4) is 0 Å². The molecule has 9 heavy (non-hydrogen) atoms. The van der Waals surface area contributed by atoms with Gasteiger partial charge in [0, 0.05) is 16.7 Å². The Morgan fingerprint density at radius 3 is 2.67 bits per heavy atom. The fourth-order valence-electron chi connectivity index (χ4n) is 0.717. The summed E-state index contributed by atoms with van der Waals surface area (Å²) in [5.41, 5.74) is 1.30. The Balaban J connectivity index is -0.000000270. The van der Waals surface area contributed by atoms with Crippen LogP contribution in [0.4, 0.5) is 0 Å². The molecule has 0 bridgehead atoms. The highest BCUT2D eigenvalue weighted by Gasteiger charge is 1.94. The lowest BCUT2D eigenvalue weighted by atomic mass is 10.1. The molecular weight excluding hydrogens is 110 g/mol. The van der Waals surface area contributed by atoms with Gasteiger partial charge in [-0.25, -0.2) is 0 Å². The molecule has 0 atom stereocenters. The van der Waals surface area contributed by atoms with Crippen molar-refractivity contribution in [1.29, 1.82) is 0 Å². The molecule has 0 fully saturated rings. The molecular formula is C8H17N. The van der Waals surface area contributed by atoms with Gasteiger partial charge in [-0.15, -0.1) is 0 Å². The van der Waals surface area contributed by atoms with Gasteiger partial charge in [0.15, 0.2) is 0 Å². The van der Waals surface area contributed by atoms with E-state index in [0.717, 1.165) is 0 Å². The zero-order valence-electron chi connectivity index (χ0n) is 5.83. The molecule has 0 spiro atoms. The summed E-state index contributed by atoms with van der Waals surface area (Å²) in [4.78, 5) is 4.01. The maximum Gasteiger partial charge on any atom is 0.0302 e. The molecule has 1 nitrogen and oxygen atoms in total. The number of rotatable bonds is 1. The second-order valence-electron chi connectivity index (χ2n) is 2.44. The third-order valence-corrected chi connectivity index (χ3v) is 1.35. The molecule has 0 aliphatic rings. The van der Waals surface area contributed by atoms with Gasteiger partial charge < -0.3 is 0 Å². The summed E-state index contributed by atoms with van der Waals surface area (Å²) in [7, 11) is 0. The summed E-state index contributed by atoms with van der Waals surface area (Å²) in [5.74, 6) is 0.596. The summed E-state index contributed by atoms with van der Waals surface area (Å²) < 4.78 is 0. The van der Waals surface area contributed by atoms with E-state index >= 15 is 0 Å². The van der Waals surface area contributed by atoms with E-state index in [2.05, 4.69) is 24.9 Å². The molecule has 0 radical (unpaired) electrons. The standard InChI is InChI=1S/C8H11N.3H2/c1-7(2)8-4-3-5-9-6-8;;;/h3-7H,1-2H3;3*1H. The second kappa shape index (κ2) is 2.62. The lowest BCUT2D eigenvalue weighted by Crippen LogP contribution is -1.85. The Hall–Kier alpha value is -0.850. The van der Waals surface area contributed by atoms with Crippen LogP contribution in [-0.2, 0) is 0 Å². The Morgan fingerprint density at radius 1 is 1.56 bits per heavy atom. The smallest absolute Gasteiger partial charge is 0.0302 e. The summed E-state index contributed by atoms with van der Waals surface area (Å²) in [5, 5.41) is 0. The highest BCUT2D eigenvalue weighted by Crippen LogP contribution is 2.10. The molecule has 0 aliphatic carbocycles. The zero-order chi connectivity index (χ0) is 6.69. The molecule has 0 aromatic carbocycles. The van der Waals surface area contributed by atoms with Gasteiger partial charge in [-0.05, 0) is 17.5 Å². The first-order valence-corrected chi connectivity index (χ1v) is 3.20. The minimum atomic E-state index is 0. The van der Waals surface area contributed by atoms with Gasteiger partial charge in [-0.2, -0.15) is 0 Å². The van der Waals surface area contributed by atoms with Crippen molar-refractivity contribution in [2.45, 2.75) is 19.8 Å². The van der Waals surface area contributed by atoms with Gasteiger partial charge in [0.05, 0.1) is 0 Å². The van der Waals surface area contributed by atoms with Crippen LogP contribution in [0.5, 0.6) is 0 Å². The zero-order valence-corrected chi connectivity index (χ0v) is 5.83. The van der Waals surface area contributed by atoms with E-state index < -0.39 is 0 Å². The third-order valence-electron chi connectivity index (χ3n) is 1.35. The molecule has 1 aromatic rings. The number of hydrogen-bond acceptors (Lipinski definition) is 1. The van der Waals surface area contributed by atoms with Gasteiger partial charge in [-0.1, -0.05) is 19.9 Å². The largest absolute Gasteiger partial charge is 0.264 e. The van der Waals surface area contributed by atoms with Crippen LogP contribution in [0.3, 0.4) is 0 Å². The van der Waals surface area contributed by atoms with Crippen LogP contribution in [-0.4, -0.2) is 4.98 Å². The minimum Gasteiger partial charge on any atom is -0.264 e. The van der Waals surface area contributed by atoms with Crippen molar-refractivity contribution in [3.05, 3.63) is 30.1 Å². The molecule has 0 saturated carbocycles. The Bertz CT molecular complexity index is 177. The van der Waals surface area contributed by atoms with Crippen molar-refractivity contribution in [1.82, 2.24) is 4.98 Å². The van der Waals surface area contributed by atoms with E-state index in [-0.39, 0.29) is 4.28 Å². The lowest BCUT2D eigenvalue weighted by molar-refractivity contribution is 0.858. The van der Waals surface area contributed by atoms with Gasteiger partial charge in [0.2, 0.25) is 0 Å². The van der Waals surface area contributed by atoms with E-state index in [1.165, 1.54) is 5.56 Å². The molecule has 54 valence electrons. The first-order chi connectivity index (χ1) is 4.30. The predicted molar refractivity (Wildman–Crippen MR) is 44.7 cm³/mol. The number of aromatic nitrogens is 1. The van der Waals surface area contributed by atoms with Crippen molar-refractivity contribution in [3.63, 3.8) is 0 Å². The number of nitrogens with zero attached hydrogens (tertiary/aromatic N) is 1. The maximum atomic E-state index is 4.01. The molecule has 1 aromatic heterocycles. The van der Waals surface area contributed by atoms with Crippen LogP contribution >= 0.6 is 0 Å². The lowest BCUT2D eigenvalue weighted by Gasteiger charge is -2.00. The van der Waals surface area contributed by atoms with Crippen LogP contribution in [0, 0.1) is 0 Å². The molecule has 0 aliphatic heterocycles. The number of hydrogen-bond donors (Lipinski definition) is 0. The highest BCUT2D eigenvalue weighted by atomic mass is 14.6. The highest BCUT2D eigenvalue weighted by molar-refractivity contribution is 5.12. The van der Waals surface area contributed by atoms with Crippen LogP contribution in [0.25, 0.3) is 0 Å². The third kappa shape index (κ3) is 1.53. The molecule has 0 unspecified atom stereocenters. The quantitative estimate of drug-likeness (QED) is 0.565. The van der Waals surface area contributed by atoms with E-state index in [1.54, 1.807) is 6.20 Å². The van der Waals surface area contributed by atoms with Crippen molar-refractivity contribution in [2.75, 3.05) is 0 Å². The van der Waals surface area contributed by atoms with E-state index in [9.17, 15) is 0 Å². The average molecular weight is 127 g/mol. The monoisotopic (exact) mass is 127 g/mol. The Morgan fingerprint density at radius 2 is 2.33 bits per heavy atom. The maximum absolute atomic E-state index is 4.01. The van der Waals surface area contributed by atoms with E-state index in [1.807, 2.05) is 12.3 Å². The van der Waals surface area contributed by atoms with Crippen molar-refractivity contribution >= 4 is 0 Å².